The molecule has 1 aliphatic rings. The molecule has 1 aromatic rings. The maximum absolute atomic E-state index is 12.1. The van der Waals surface area contributed by atoms with Crippen molar-refractivity contribution in [3.05, 3.63) is 29.8 Å². The number of rotatable bonds is 9. The van der Waals surface area contributed by atoms with Crippen LogP contribution >= 0.6 is 12.4 Å². The Morgan fingerprint density at radius 3 is 2.52 bits per heavy atom. The number of carbonyl (C=O) groups excluding carboxylic acids is 1. The fourth-order valence-corrected chi connectivity index (χ4v) is 2.65. The van der Waals surface area contributed by atoms with E-state index in [-0.39, 0.29) is 23.9 Å². The fourth-order valence-electron chi connectivity index (χ4n) is 2.65. The first-order valence-electron chi connectivity index (χ1n) is 8.30. The van der Waals surface area contributed by atoms with E-state index in [2.05, 4.69) is 19.2 Å². The molecule has 23 heavy (non-hydrogen) atoms. The minimum Gasteiger partial charge on any atom is -0.494 e. The van der Waals surface area contributed by atoms with Crippen molar-refractivity contribution in [1.82, 2.24) is 5.32 Å². The predicted octanol–water partition coefficient (Wildman–Crippen LogP) is 3.07. The van der Waals surface area contributed by atoms with Crippen LogP contribution in [0.25, 0.3) is 0 Å². The van der Waals surface area contributed by atoms with Crippen LogP contribution in [0.1, 0.15) is 45.1 Å². The average Bonchev–Trinajstić information content (AvgIpc) is 3.37. The molecule has 0 aromatic heterocycles. The largest absolute Gasteiger partial charge is 0.494 e. The number of hydrogen-bond acceptors (Lipinski definition) is 3. The van der Waals surface area contributed by atoms with Gasteiger partial charge in [0.2, 0.25) is 5.91 Å². The Morgan fingerprint density at radius 1 is 1.35 bits per heavy atom. The maximum atomic E-state index is 12.1. The second kappa shape index (κ2) is 9.14. The first-order chi connectivity index (χ1) is 10.6. The van der Waals surface area contributed by atoms with E-state index in [1.165, 1.54) is 12.8 Å². The van der Waals surface area contributed by atoms with Crippen LogP contribution < -0.4 is 15.8 Å². The molecule has 1 fully saturated rings. The second-order valence-corrected chi connectivity index (χ2v) is 6.44. The van der Waals surface area contributed by atoms with Gasteiger partial charge in [-0.3, -0.25) is 4.79 Å². The average molecular weight is 341 g/mol. The van der Waals surface area contributed by atoms with Crippen molar-refractivity contribution in [2.45, 2.75) is 51.5 Å². The monoisotopic (exact) mass is 340 g/mol. The van der Waals surface area contributed by atoms with Crippen LogP contribution in [0, 0.1) is 5.92 Å². The van der Waals surface area contributed by atoms with E-state index in [1.54, 1.807) is 0 Å². The lowest BCUT2D eigenvalue weighted by Crippen LogP contribution is -2.53. The topological polar surface area (TPSA) is 64.3 Å². The van der Waals surface area contributed by atoms with Gasteiger partial charge in [0.05, 0.1) is 12.1 Å². The van der Waals surface area contributed by atoms with Gasteiger partial charge >= 0.3 is 0 Å². The summed E-state index contributed by atoms with van der Waals surface area (Å²) in [5.41, 5.74) is 6.76. The molecule has 0 bridgehead atoms. The van der Waals surface area contributed by atoms with Gasteiger partial charge in [-0.05, 0) is 56.2 Å². The van der Waals surface area contributed by atoms with E-state index in [9.17, 15) is 4.79 Å². The number of halogens is 1. The van der Waals surface area contributed by atoms with Crippen LogP contribution in [0.5, 0.6) is 5.75 Å². The minimum atomic E-state index is -0.227. The summed E-state index contributed by atoms with van der Waals surface area (Å²) in [6, 6.07) is 8.00. The summed E-state index contributed by atoms with van der Waals surface area (Å²) in [4.78, 5) is 12.1. The third-order valence-corrected chi connectivity index (χ3v) is 4.36. The van der Waals surface area contributed by atoms with Crippen LogP contribution in [-0.4, -0.2) is 24.6 Å². The molecule has 1 amide bonds. The van der Waals surface area contributed by atoms with Crippen molar-refractivity contribution in [2.24, 2.45) is 11.7 Å². The molecule has 130 valence electrons. The smallest absolute Gasteiger partial charge is 0.220 e. The standard InChI is InChI=1S/C18H28N2O2.ClH/c1-3-12-22-16-9-4-14(5-10-16)6-11-17(21)20-18(2,13-19)15-7-8-15;/h4-5,9-10,15H,3,6-8,11-13,19H2,1-2H3,(H,20,21);1H. The van der Waals surface area contributed by atoms with E-state index < -0.39 is 0 Å². The van der Waals surface area contributed by atoms with E-state index in [1.807, 2.05) is 24.3 Å². The predicted molar refractivity (Wildman–Crippen MR) is 96.1 cm³/mol. The highest BCUT2D eigenvalue weighted by atomic mass is 35.5. The van der Waals surface area contributed by atoms with Crippen molar-refractivity contribution < 1.29 is 9.53 Å². The zero-order valence-corrected chi connectivity index (χ0v) is 15.0. The van der Waals surface area contributed by atoms with E-state index in [4.69, 9.17) is 10.5 Å². The van der Waals surface area contributed by atoms with Gasteiger partial charge in [-0.15, -0.1) is 12.4 Å². The SMILES string of the molecule is CCCOc1ccc(CCC(=O)NC(C)(CN)C2CC2)cc1.Cl. The Labute approximate surface area is 145 Å². The first kappa shape index (κ1) is 19.8. The number of carbonyl (C=O) groups is 1. The highest BCUT2D eigenvalue weighted by Crippen LogP contribution is 2.39. The van der Waals surface area contributed by atoms with Crippen LogP contribution in [0.4, 0.5) is 0 Å². The van der Waals surface area contributed by atoms with E-state index in [0.717, 1.165) is 30.8 Å². The summed E-state index contributed by atoms with van der Waals surface area (Å²) in [6.07, 6.45) is 4.59. The molecule has 1 atom stereocenters. The molecule has 0 spiro atoms. The summed E-state index contributed by atoms with van der Waals surface area (Å²) in [6.45, 7) is 5.39. The summed E-state index contributed by atoms with van der Waals surface area (Å²) >= 11 is 0. The minimum absolute atomic E-state index is 0. The van der Waals surface area contributed by atoms with Gasteiger partial charge in [-0.1, -0.05) is 19.1 Å². The number of hydrogen-bond donors (Lipinski definition) is 2. The highest BCUT2D eigenvalue weighted by molar-refractivity contribution is 5.85. The molecular weight excluding hydrogens is 312 g/mol. The molecule has 2 rings (SSSR count). The highest BCUT2D eigenvalue weighted by Gasteiger charge is 2.41. The van der Waals surface area contributed by atoms with Crippen LogP contribution in [0.3, 0.4) is 0 Å². The molecule has 0 heterocycles. The molecule has 0 radical (unpaired) electrons. The molecule has 1 aromatic carbocycles. The van der Waals surface area contributed by atoms with E-state index in [0.29, 0.717) is 18.9 Å². The van der Waals surface area contributed by atoms with Gasteiger partial charge in [0.25, 0.3) is 0 Å². The molecule has 1 saturated carbocycles. The molecule has 1 unspecified atom stereocenters. The zero-order chi connectivity index (χ0) is 16.0. The van der Waals surface area contributed by atoms with Gasteiger partial charge in [0.1, 0.15) is 5.75 Å². The Morgan fingerprint density at radius 2 is 2.00 bits per heavy atom. The van der Waals surface area contributed by atoms with E-state index >= 15 is 0 Å². The maximum Gasteiger partial charge on any atom is 0.220 e. The van der Waals surface area contributed by atoms with Gasteiger partial charge < -0.3 is 15.8 Å². The third kappa shape index (κ3) is 6.04. The summed E-state index contributed by atoms with van der Waals surface area (Å²) in [7, 11) is 0. The van der Waals surface area contributed by atoms with Crippen molar-refractivity contribution in [3.63, 3.8) is 0 Å². The number of benzene rings is 1. The molecule has 5 heteroatoms. The fraction of sp³-hybridized carbons (Fsp3) is 0.611. The lowest BCUT2D eigenvalue weighted by molar-refractivity contribution is -0.123. The number of nitrogens with one attached hydrogen (secondary N) is 1. The van der Waals surface area contributed by atoms with Gasteiger partial charge in [-0.2, -0.15) is 0 Å². The van der Waals surface area contributed by atoms with Gasteiger partial charge in [0.15, 0.2) is 0 Å². The molecule has 4 nitrogen and oxygen atoms in total. The van der Waals surface area contributed by atoms with Crippen LogP contribution in [-0.2, 0) is 11.2 Å². The van der Waals surface area contributed by atoms with Crippen molar-refractivity contribution in [1.29, 1.82) is 0 Å². The molecule has 3 N–H and O–H groups in total. The van der Waals surface area contributed by atoms with Crippen molar-refractivity contribution >= 4 is 18.3 Å². The van der Waals surface area contributed by atoms with Crippen LogP contribution in [0.2, 0.25) is 0 Å². The third-order valence-electron chi connectivity index (χ3n) is 4.36. The van der Waals surface area contributed by atoms with Crippen molar-refractivity contribution in [3.8, 4) is 5.75 Å². The lowest BCUT2D eigenvalue weighted by atomic mass is 9.95. The molecular formula is C18H29ClN2O2. The van der Waals surface area contributed by atoms with Crippen LogP contribution in [0.15, 0.2) is 24.3 Å². The normalized spacial score (nSPS) is 16.1. The Kier molecular flexibility index (Phi) is 7.86. The first-order valence-corrected chi connectivity index (χ1v) is 8.30. The van der Waals surface area contributed by atoms with Crippen molar-refractivity contribution in [2.75, 3.05) is 13.2 Å². The lowest BCUT2D eigenvalue weighted by Gasteiger charge is -2.29. The second-order valence-electron chi connectivity index (χ2n) is 6.44. The molecule has 1 aliphatic carbocycles. The molecule has 0 saturated heterocycles. The Balaban J connectivity index is 0.00000264. The number of ether oxygens (including phenoxy) is 1. The summed E-state index contributed by atoms with van der Waals surface area (Å²) in [5, 5.41) is 3.13. The summed E-state index contributed by atoms with van der Waals surface area (Å²) < 4.78 is 5.56. The molecule has 0 aliphatic heterocycles. The van der Waals surface area contributed by atoms with Gasteiger partial charge in [0, 0.05) is 13.0 Å². The quantitative estimate of drug-likeness (QED) is 0.726. The summed E-state index contributed by atoms with van der Waals surface area (Å²) in [5.74, 6) is 1.53. The van der Waals surface area contributed by atoms with Gasteiger partial charge in [-0.25, -0.2) is 0 Å². The Hall–Kier alpha value is -1.26. The zero-order valence-electron chi connectivity index (χ0n) is 14.1. The number of amides is 1. The Bertz CT molecular complexity index is 488. The number of aryl methyl sites for hydroxylation is 1. The number of nitrogens with two attached hydrogens (primary N) is 1.